The summed E-state index contributed by atoms with van der Waals surface area (Å²) in [5, 5.41) is 5.90. The molecule has 0 bridgehead atoms. The summed E-state index contributed by atoms with van der Waals surface area (Å²) in [5.41, 5.74) is -0.0963. The van der Waals surface area contributed by atoms with E-state index in [2.05, 4.69) is 15.6 Å². The fourth-order valence-corrected chi connectivity index (χ4v) is 3.73. The second-order valence-electron chi connectivity index (χ2n) is 6.75. The van der Waals surface area contributed by atoms with Crippen molar-refractivity contribution in [2.45, 2.75) is 39.2 Å². The van der Waals surface area contributed by atoms with Gasteiger partial charge in [0.1, 0.15) is 11.3 Å². The average molecular weight is 390 g/mol. The molecule has 0 spiro atoms. The fraction of sp³-hybridized carbons (Fsp3) is 0.444. The standard InChI is InChI=1S/C18H22N4O4S/c1-4-26-11-7-8-12-13(10-11)27-16(19-12)20-14(23)6-5-9-22-15(24)18(2,3)21-17(22)25/h7-8,10H,4-6,9H2,1-3H3,(H,21,25)(H,19,20,23). The lowest BCUT2D eigenvalue weighted by Gasteiger charge is -2.15. The van der Waals surface area contributed by atoms with Gasteiger partial charge < -0.3 is 15.4 Å². The van der Waals surface area contributed by atoms with E-state index >= 15 is 0 Å². The van der Waals surface area contributed by atoms with E-state index in [-0.39, 0.29) is 24.8 Å². The van der Waals surface area contributed by atoms with Gasteiger partial charge in [-0.15, -0.1) is 0 Å². The minimum Gasteiger partial charge on any atom is -0.494 e. The molecule has 1 aliphatic heterocycles. The van der Waals surface area contributed by atoms with Crippen molar-refractivity contribution in [1.29, 1.82) is 0 Å². The molecule has 2 heterocycles. The van der Waals surface area contributed by atoms with Crippen LogP contribution in [0.25, 0.3) is 10.2 Å². The number of aromatic nitrogens is 1. The van der Waals surface area contributed by atoms with Gasteiger partial charge in [-0.05, 0) is 45.4 Å². The number of nitrogens with zero attached hydrogens (tertiary/aromatic N) is 2. The lowest BCUT2D eigenvalue weighted by atomic mass is 10.1. The maximum absolute atomic E-state index is 12.1. The molecule has 1 saturated heterocycles. The SMILES string of the molecule is CCOc1ccc2nc(NC(=O)CCCN3C(=O)NC(C)(C)C3=O)sc2c1. The third kappa shape index (κ3) is 4.19. The normalized spacial score (nSPS) is 15.9. The zero-order chi connectivity index (χ0) is 19.6. The van der Waals surface area contributed by atoms with Gasteiger partial charge in [0.05, 0.1) is 16.8 Å². The van der Waals surface area contributed by atoms with Crippen molar-refractivity contribution in [3.63, 3.8) is 0 Å². The van der Waals surface area contributed by atoms with Crippen molar-refractivity contribution < 1.29 is 19.1 Å². The molecule has 1 aliphatic rings. The van der Waals surface area contributed by atoms with Gasteiger partial charge in [-0.25, -0.2) is 9.78 Å². The van der Waals surface area contributed by atoms with Crippen molar-refractivity contribution in [3.05, 3.63) is 18.2 Å². The number of hydrogen-bond acceptors (Lipinski definition) is 6. The number of ether oxygens (including phenoxy) is 1. The van der Waals surface area contributed by atoms with Gasteiger partial charge >= 0.3 is 6.03 Å². The highest BCUT2D eigenvalue weighted by Crippen LogP contribution is 2.29. The molecule has 2 N–H and O–H groups in total. The Morgan fingerprint density at radius 2 is 2.15 bits per heavy atom. The van der Waals surface area contributed by atoms with Crippen LogP contribution < -0.4 is 15.4 Å². The molecular formula is C18H22N4O4S. The predicted octanol–water partition coefficient (Wildman–Crippen LogP) is 2.74. The molecule has 8 nitrogen and oxygen atoms in total. The lowest BCUT2D eigenvalue weighted by molar-refractivity contribution is -0.130. The van der Waals surface area contributed by atoms with Crippen LogP contribution in [0.1, 0.15) is 33.6 Å². The summed E-state index contributed by atoms with van der Waals surface area (Å²) in [4.78, 5) is 41.6. The van der Waals surface area contributed by atoms with Crippen molar-refractivity contribution in [2.24, 2.45) is 0 Å². The highest BCUT2D eigenvalue weighted by molar-refractivity contribution is 7.22. The molecule has 3 rings (SSSR count). The summed E-state index contributed by atoms with van der Waals surface area (Å²) in [5.74, 6) is 0.289. The zero-order valence-corrected chi connectivity index (χ0v) is 16.3. The Balaban J connectivity index is 1.53. The van der Waals surface area contributed by atoms with Gasteiger partial charge in [0.2, 0.25) is 5.91 Å². The molecule has 0 radical (unpaired) electrons. The first-order valence-electron chi connectivity index (χ1n) is 8.77. The molecule has 1 aromatic carbocycles. The summed E-state index contributed by atoms with van der Waals surface area (Å²) in [6.45, 7) is 6.03. The summed E-state index contributed by atoms with van der Waals surface area (Å²) >= 11 is 1.37. The van der Waals surface area contributed by atoms with Crippen LogP contribution in [0.15, 0.2) is 18.2 Å². The van der Waals surface area contributed by atoms with Gasteiger partial charge in [0.15, 0.2) is 5.13 Å². The first-order valence-corrected chi connectivity index (χ1v) is 9.59. The van der Waals surface area contributed by atoms with Crippen LogP contribution in [-0.2, 0) is 9.59 Å². The van der Waals surface area contributed by atoms with Gasteiger partial charge in [-0.3, -0.25) is 14.5 Å². The van der Waals surface area contributed by atoms with Crippen LogP contribution in [0.4, 0.5) is 9.93 Å². The van der Waals surface area contributed by atoms with E-state index in [1.165, 1.54) is 11.3 Å². The molecule has 9 heteroatoms. The zero-order valence-electron chi connectivity index (χ0n) is 15.5. The summed E-state index contributed by atoms with van der Waals surface area (Å²) in [7, 11) is 0. The van der Waals surface area contributed by atoms with Crippen molar-refractivity contribution in [3.8, 4) is 5.75 Å². The van der Waals surface area contributed by atoms with Gasteiger partial charge in [0.25, 0.3) is 5.91 Å². The Morgan fingerprint density at radius 3 is 2.81 bits per heavy atom. The number of carbonyl (C=O) groups is 3. The first kappa shape index (κ1) is 19.1. The smallest absolute Gasteiger partial charge is 0.325 e. The molecule has 2 aromatic rings. The molecule has 27 heavy (non-hydrogen) atoms. The molecule has 1 fully saturated rings. The Morgan fingerprint density at radius 1 is 1.37 bits per heavy atom. The van der Waals surface area contributed by atoms with E-state index in [1.54, 1.807) is 13.8 Å². The molecule has 144 valence electrons. The number of rotatable bonds is 7. The number of anilines is 1. The number of benzene rings is 1. The van der Waals surface area contributed by atoms with Gasteiger partial charge in [-0.1, -0.05) is 11.3 Å². The third-order valence-corrected chi connectivity index (χ3v) is 5.08. The number of fused-ring (bicyclic) bond motifs is 1. The molecule has 0 atom stereocenters. The van der Waals surface area contributed by atoms with Crippen molar-refractivity contribution in [2.75, 3.05) is 18.5 Å². The van der Waals surface area contributed by atoms with Gasteiger partial charge in [0, 0.05) is 13.0 Å². The van der Waals surface area contributed by atoms with Crippen LogP contribution in [0.3, 0.4) is 0 Å². The van der Waals surface area contributed by atoms with Crippen molar-refractivity contribution >= 4 is 44.5 Å². The molecule has 0 aliphatic carbocycles. The Labute approximate surface area is 160 Å². The number of thiazole rings is 1. The molecule has 0 unspecified atom stereocenters. The minimum absolute atomic E-state index is 0.192. The van der Waals surface area contributed by atoms with Crippen LogP contribution in [-0.4, -0.2) is 46.4 Å². The van der Waals surface area contributed by atoms with Crippen LogP contribution in [0.5, 0.6) is 5.75 Å². The second kappa shape index (κ2) is 7.51. The van der Waals surface area contributed by atoms with E-state index in [9.17, 15) is 14.4 Å². The second-order valence-corrected chi connectivity index (χ2v) is 7.78. The van der Waals surface area contributed by atoms with Crippen LogP contribution in [0.2, 0.25) is 0 Å². The molecular weight excluding hydrogens is 368 g/mol. The molecule has 4 amide bonds. The fourth-order valence-electron chi connectivity index (χ4n) is 2.82. The van der Waals surface area contributed by atoms with E-state index in [0.717, 1.165) is 20.9 Å². The predicted molar refractivity (Wildman–Crippen MR) is 103 cm³/mol. The Hall–Kier alpha value is -2.68. The number of amides is 4. The minimum atomic E-state index is -0.888. The quantitative estimate of drug-likeness (QED) is 0.708. The maximum atomic E-state index is 12.1. The lowest BCUT2D eigenvalue weighted by Crippen LogP contribution is -2.40. The van der Waals surface area contributed by atoms with E-state index in [1.807, 2.05) is 25.1 Å². The third-order valence-electron chi connectivity index (χ3n) is 4.15. The number of urea groups is 1. The van der Waals surface area contributed by atoms with E-state index in [0.29, 0.717) is 18.2 Å². The summed E-state index contributed by atoms with van der Waals surface area (Å²) < 4.78 is 6.39. The van der Waals surface area contributed by atoms with E-state index < -0.39 is 11.6 Å². The Kier molecular flexibility index (Phi) is 5.31. The number of hydrogen-bond donors (Lipinski definition) is 2. The average Bonchev–Trinajstić information content (AvgIpc) is 3.07. The largest absolute Gasteiger partial charge is 0.494 e. The number of imide groups is 1. The summed E-state index contributed by atoms with van der Waals surface area (Å²) in [6.07, 6.45) is 0.581. The summed E-state index contributed by atoms with van der Waals surface area (Å²) in [6, 6.07) is 5.18. The van der Waals surface area contributed by atoms with Crippen LogP contribution >= 0.6 is 11.3 Å². The topological polar surface area (TPSA) is 101 Å². The highest BCUT2D eigenvalue weighted by atomic mass is 32.1. The molecule has 0 saturated carbocycles. The van der Waals surface area contributed by atoms with Crippen LogP contribution in [0, 0.1) is 0 Å². The van der Waals surface area contributed by atoms with E-state index in [4.69, 9.17) is 4.74 Å². The highest BCUT2D eigenvalue weighted by Gasteiger charge is 2.43. The first-order chi connectivity index (χ1) is 12.8. The Bertz CT molecular complexity index is 893. The number of carbonyl (C=O) groups excluding carboxylic acids is 3. The number of nitrogens with one attached hydrogen (secondary N) is 2. The maximum Gasteiger partial charge on any atom is 0.325 e. The molecule has 1 aromatic heterocycles. The monoisotopic (exact) mass is 390 g/mol. The van der Waals surface area contributed by atoms with Crippen molar-refractivity contribution in [1.82, 2.24) is 15.2 Å². The van der Waals surface area contributed by atoms with Gasteiger partial charge in [-0.2, -0.15) is 0 Å².